The van der Waals surface area contributed by atoms with Gasteiger partial charge in [-0.15, -0.1) is 0 Å². The van der Waals surface area contributed by atoms with E-state index < -0.39 is 11.8 Å². The van der Waals surface area contributed by atoms with Gasteiger partial charge in [0.1, 0.15) is 11.6 Å². The lowest BCUT2D eigenvalue weighted by Crippen LogP contribution is -2.26. The van der Waals surface area contributed by atoms with Crippen molar-refractivity contribution in [3.63, 3.8) is 0 Å². The number of benzene rings is 3. The molecule has 1 amide bonds. The number of ether oxygens (including phenoxy) is 1. The van der Waals surface area contributed by atoms with Crippen molar-refractivity contribution in [2.45, 2.75) is 26.2 Å². The van der Waals surface area contributed by atoms with E-state index >= 15 is 0 Å². The van der Waals surface area contributed by atoms with Crippen molar-refractivity contribution in [3.05, 3.63) is 88.2 Å². The Morgan fingerprint density at radius 2 is 1.73 bits per heavy atom. The first kappa shape index (κ1) is 24.3. The third-order valence-electron chi connectivity index (χ3n) is 5.13. The molecule has 0 saturated carbocycles. The van der Waals surface area contributed by atoms with Crippen LogP contribution in [0.2, 0.25) is 5.02 Å². The Kier molecular flexibility index (Phi) is 8.44. The molecule has 3 rings (SSSR count). The average molecular weight is 470 g/mol. The van der Waals surface area contributed by atoms with Crippen LogP contribution >= 0.6 is 11.6 Å². The van der Waals surface area contributed by atoms with Crippen molar-refractivity contribution < 1.29 is 23.8 Å². The van der Waals surface area contributed by atoms with E-state index in [4.69, 9.17) is 21.4 Å². The van der Waals surface area contributed by atoms with E-state index in [2.05, 4.69) is 12.2 Å². The lowest BCUT2D eigenvalue weighted by molar-refractivity contribution is 0.0691. The zero-order chi connectivity index (χ0) is 23.8. The first-order valence-corrected chi connectivity index (χ1v) is 11.1. The molecule has 0 bridgehead atoms. The SMILES string of the molecule is CCCCOc1ccc(Cl)cc1C(=O)NCCc1ccc(-c2ccc(C(=O)O)c(F)c2)cc1. The van der Waals surface area contributed by atoms with Gasteiger partial charge in [-0.3, -0.25) is 4.79 Å². The van der Waals surface area contributed by atoms with Crippen LogP contribution < -0.4 is 10.1 Å². The monoisotopic (exact) mass is 469 g/mol. The zero-order valence-corrected chi connectivity index (χ0v) is 19.0. The third-order valence-corrected chi connectivity index (χ3v) is 5.36. The molecule has 0 aliphatic heterocycles. The summed E-state index contributed by atoms with van der Waals surface area (Å²) in [7, 11) is 0. The van der Waals surface area contributed by atoms with Crippen molar-refractivity contribution in [2.24, 2.45) is 0 Å². The highest BCUT2D eigenvalue weighted by Gasteiger charge is 2.14. The average Bonchev–Trinajstić information content (AvgIpc) is 2.80. The van der Waals surface area contributed by atoms with Crippen LogP contribution in [0, 0.1) is 5.82 Å². The van der Waals surface area contributed by atoms with Gasteiger partial charge in [-0.25, -0.2) is 9.18 Å². The van der Waals surface area contributed by atoms with Crippen LogP contribution in [0.15, 0.2) is 60.7 Å². The van der Waals surface area contributed by atoms with Gasteiger partial charge in [-0.1, -0.05) is 55.3 Å². The molecule has 7 heteroatoms. The summed E-state index contributed by atoms with van der Waals surface area (Å²) in [5, 5.41) is 12.3. The van der Waals surface area contributed by atoms with Gasteiger partial charge in [0.15, 0.2) is 0 Å². The number of amides is 1. The van der Waals surface area contributed by atoms with Crippen LogP contribution in [0.1, 0.15) is 46.0 Å². The Hall–Kier alpha value is -3.38. The molecular formula is C26H25ClFNO4. The van der Waals surface area contributed by atoms with E-state index in [-0.39, 0.29) is 11.5 Å². The number of hydrogen-bond donors (Lipinski definition) is 2. The number of carboxylic acid groups (broad SMARTS) is 1. The Morgan fingerprint density at radius 1 is 1.00 bits per heavy atom. The lowest BCUT2D eigenvalue weighted by Gasteiger charge is -2.12. The summed E-state index contributed by atoms with van der Waals surface area (Å²) < 4.78 is 19.7. The fraction of sp³-hybridized carbons (Fsp3) is 0.231. The largest absolute Gasteiger partial charge is 0.493 e. The summed E-state index contributed by atoms with van der Waals surface area (Å²) in [6.07, 6.45) is 2.50. The van der Waals surface area contributed by atoms with Gasteiger partial charge < -0.3 is 15.2 Å². The molecule has 33 heavy (non-hydrogen) atoms. The van der Waals surface area contributed by atoms with E-state index in [0.29, 0.717) is 41.5 Å². The second-order valence-electron chi connectivity index (χ2n) is 7.55. The summed E-state index contributed by atoms with van der Waals surface area (Å²) in [4.78, 5) is 23.6. The lowest BCUT2D eigenvalue weighted by atomic mass is 10.0. The van der Waals surface area contributed by atoms with Gasteiger partial charge in [0.05, 0.1) is 17.7 Å². The first-order valence-electron chi connectivity index (χ1n) is 10.7. The summed E-state index contributed by atoms with van der Waals surface area (Å²) in [6.45, 7) is 3.02. The number of carbonyl (C=O) groups excluding carboxylic acids is 1. The van der Waals surface area contributed by atoms with Gasteiger partial charge in [0.2, 0.25) is 0 Å². The predicted molar refractivity (Wildman–Crippen MR) is 127 cm³/mol. The molecule has 2 N–H and O–H groups in total. The van der Waals surface area contributed by atoms with Crippen LogP contribution in [0.25, 0.3) is 11.1 Å². The second kappa shape index (κ2) is 11.5. The highest BCUT2D eigenvalue weighted by molar-refractivity contribution is 6.31. The zero-order valence-electron chi connectivity index (χ0n) is 18.2. The Balaban J connectivity index is 1.59. The van der Waals surface area contributed by atoms with Crippen molar-refractivity contribution in [2.75, 3.05) is 13.2 Å². The Morgan fingerprint density at radius 3 is 2.39 bits per heavy atom. The fourth-order valence-corrected chi connectivity index (χ4v) is 3.45. The first-order chi connectivity index (χ1) is 15.9. The number of carboxylic acids is 1. The molecule has 172 valence electrons. The van der Waals surface area contributed by atoms with Crippen LogP contribution in [0.3, 0.4) is 0 Å². The topological polar surface area (TPSA) is 75.6 Å². The van der Waals surface area contributed by atoms with Crippen LogP contribution in [0.5, 0.6) is 5.75 Å². The molecule has 3 aromatic carbocycles. The molecule has 0 aliphatic rings. The highest BCUT2D eigenvalue weighted by atomic mass is 35.5. The highest BCUT2D eigenvalue weighted by Crippen LogP contribution is 2.24. The van der Waals surface area contributed by atoms with Gasteiger partial charge in [0, 0.05) is 11.6 Å². The molecule has 5 nitrogen and oxygen atoms in total. The third kappa shape index (κ3) is 6.56. The quantitative estimate of drug-likeness (QED) is 0.357. The number of rotatable bonds is 10. The maximum atomic E-state index is 13.9. The Labute approximate surface area is 197 Å². The maximum Gasteiger partial charge on any atom is 0.338 e. The molecule has 0 radical (unpaired) electrons. The van der Waals surface area contributed by atoms with Gasteiger partial charge in [0.25, 0.3) is 5.91 Å². The van der Waals surface area contributed by atoms with Crippen molar-refractivity contribution >= 4 is 23.5 Å². The number of aromatic carboxylic acids is 1. The number of nitrogens with one attached hydrogen (secondary N) is 1. The van der Waals surface area contributed by atoms with Crippen molar-refractivity contribution in [1.29, 1.82) is 0 Å². The summed E-state index contributed by atoms with van der Waals surface area (Å²) in [5.41, 5.74) is 2.40. The van der Waals surface area contributed by atoms with Gasteiger partial charge >= 0.3 is 5.97 Å². The van der Waals surface area contributed by atoms with E-state index in [9.17, 15) is 14.0 Å². The van der Waals surface area contributed by atoms with Crippen molar-refractivity contribution in [3.8, 4) is 16.9 Å². The smallest absolute Gasteiger partial charge is 0.338 e. The molecule has 0 aromatic heterocycles. The van der Waals surface area contributed by atoms with Crippen LogP contribution in [0.4, 0.5) is 4.39 Å². The number of hydrogen-bond acceptors (Lipinski definition) is 3. The minimum atomic E-state index is -1.30. The molecule has 0 saturated heterocycles. The molecule has 0 fully saturated rings. The molecular weight excluding hydrogens is 445 g/mol. The summed E-state index contributed by atoms with van der Waals surface area (Å²) >= 11 is 6.06. The molecule has 0 aliphatic carbocycles. The molecule has 0 spiro atoms. The Bertz CT molecular complexity index is 1130. The standard InChI is InChI=1S/C26H25ClFNO4/c1-2-3-14-33-24-11-9-20(27)16-22(24)25(30)29-13-12-17-4-6-18(7-5-17)19-8-10-21(26(31)32)23(28)15-19/h4-11,15-16H,2-3,12-14H2,1H3,(H,29,30)(H,31,32). The van der Waals surface area contributed by atoms with E-state index in [1.165, 1.54) is 12.1 Å². The number of unbranched alkanes of at least 4 members (excludes halogenated alkanes) is 1. The fourth-order valence-electron chi connectivity index (χ4n) is 3.28. The van der Waals surface area contributed by atoms with E-state index in [1.807, 2.05) is 24.3 Å². The van der Waals surface area contributed by atoms with Crippen LogP contribution in [-0.4, -0.2) is 30.1 Å². The van der Waals surface area contributed by atoms with Gasteiger partial charge in [-0.2, -0.15) is 0 Å². The van der Waals surface area contributed by atoms with E-state index in [0.717, 1.165) is 24.0 Å². The maximum absolute atomic E-state index is 13.9. The van der Waals surface area contributed by atoms with E-state index in [1.54, 1.807) is 24.3 Å². The summed E-state index contributed by atoms with van der Waals surface area (Å²) in [5.74, 6) is -1.81. The molecule has 0 heterocycles. The molecule has 0 atom stereocenters. The normalized spacial score (nSPS) is 10.6. The van der Waals surface area contributed by atoms with Gasteiger partial charge in [-0.05, 0) is 59.9 Å². The minimum absolute atomic E-state index is 0.255. The second-order valence-corrected chi connectivity index (χ2v) is 7.98. The number of halogens is 2. The molecule has 0 unspecified atom stereocenters. The van der Waals surface area contributed by atoms with Crippen molar-refractivity contribution in [1.82, 2.24) is 5.32 Å². The minimum Gasteiger partial charge on any atom is -0.493 e. The summed E-state index contributed by atoms with van der Waals surface area (Å²) in [6, 6.07) is 16.5. The number of carbonyl (C=O) groups is 2. The molecule has 3 aromatic rings. The van der Waals surface area contributed by atoms with Crippen LogP contribution in [-0.2, 0) is 6.42 Å². The predicted octanol–water partition coefficient (Wildman–Crippen LogP) is 6.00.